The Bertz CT molecular complexity index is 1630. The number of H-pyrrole nitrogens is 1. The molecule has 0 amide bonds. The van der Waals surface area contributed by atoms with Crippen LogP contribution in [-0.2, 0) is 20.8 Å². The lowest BCUT2D eigenvalue weighted by molar-refractivity contribution is -0.328. The van der Waals surface area contributed by atoms with Gasteiger partial charge in [-0.3, -0.25) is 14.4 Å². The van der Waals surface area contributed by atoms with Gasteiger partial charge in [0, 0.05) is 31.6 Å². The molecule has 244 valence electrons. The molecule has 0 atom stereocenters. The lowest BCUT2D eigenvalue weighted by Crippen LogP contribution is -2.51. The van der Waals surface area contributed by atoms with E-state index in [9.17, 15) is 18.0 Å². The molecule has 4 aromatic rings. The molecule has 0 spiro atoms. The molecule has 0 bridgehead atoms. The summed E-state index contributed by atoms with van der Waals surface area (Å²) < 4.78 is 51.4. The molecule has 46 heavy (non-hydrogen) atoms. The van der Waals surface area contributed by atoms with Gasteiger partial charge in [0.15, 0.2) is 5.65 Å². The number of fused-ring (bicyclic) bond motifs is 1. The summed E-state index contributed by atoms with van der Waals surface area (Å²) in [6, 6.07) is 18.4. The molecule has 3 heterocycles. The first-order valence-corrected chi connectivity index (χ1v) is 15.6. The van der Waals surface area contributed by atoms with Crippen LogP contribution in [0.5, 0.6) is 6.01 Å². The van der Waals surface area contributed by atoms with E-state index in [0.29, 0.717) is 41.0 Å². The van der Waals surface area contributed by atoms with Crippen LogP contribution in [0, 0.1) is 5.92 Å². The molecule has 13 heteroatoms. The van der Waals surface area contributed by atoms with Crippen molar-refractivity contribution in [3.8, 4) is 28.4 Å². The quantitative estimate of drug-likeness (QED) is 0.155. The number of aromatic nitrogens is 3. The summed E-state index contributed by atoms with van der Waals surface area (Å²) in [6.07, 6.45) is -1.32. The van der Waals surface area contributed by atoms with Gasteiger partial charge in [0.1, 0.15) is 6.10 Å². The van der Waals surface area contributed by atoms with Crippen LogP contribution in [0.25, 0.3) is 33.5 Å². The summed E-state index contributed by atoms with van der Waals surface area (Å²) in [7, 11) is 0. The normalized spacial score (nSPS) is 19.3. The Labute approximate surface area is 268 Å². The van der Waals surface area contributed by atoms with Crippen LogP contribution in [0.15, 0.2) is 54.6 Å². The molecule has 2 aliphatic rings. The van der Waals surface area contributed by atoms with Crippen molar-refractivity contribution in [2.75, 3.05) is 26.3 Å². The minimum absolute atomic E-state index is 0.0204. The third-order valence-electron chi connectivity index (χ3n) is 8.42. The van der Waals surface area contributed by atoms with E-state index in [1.807, 2.05) is 24.3 Å². The molecule has 9 nitrogen and oxygen atoms in total. The number of hydrogen-bond donors (Lipinski definition) is 2. The highest BCUT2D eigenvalue weighted by atomic mass is 35.5. The van der Waals surface area contributed by atoms with Gasteiger partial charge in [0.2, 0.25) is 0 Å². The van der Waals surface area contributed by atoms with Crippen molar-refractivity contribution in [2.24, 2.45) is 5.92 Å². The van der Waals surface area contributed by atoms with Crippen LogP contribution in [0.3, 0.4) is 0 Å². The van der Waals surface area contributed by atoms with Gasteiger partial charge in [-0.25, -0.2) is 4.98 Å². The molecule has 1 aliphatic heterocycles. The number of aliphatic carboxylic acids is 1. The number of halogens is 4. The van der Waals surface area contributed by atoms with E-state index in [4.69, 9.17) is 31.2 Å². The predicted octanol–water partition coefficient (Wildman–Crippen LogP) is 7.09. The van der Waals surface area contributed by atoms with Crippen LogP contribution in [0.2, 0.25) is 5.02 Å². The highest BCUT2D eigenvalue weighted by molar-refractivity contribution is 6.33. The molecule has 2 aromatic heterocycles. The smallest absolute Gasteiger partial charge is 0.481 e. The second-order valence-electron chi connectivity index (χ2n) is 11.8. The minimum Gasteiger partial charge on any atom is -0.481 e. The van der Waals surface area contributed by atoms with Crippen molar-refractivity contribution in [3.63, 3.8) is 0 Å². The van der Waals surface area contributed by atoms with Crippen molar-refractivity contribution in [1.29, 1.82) is 0 Å². The minimum atomic E-state index is -4.63. The number of benzene rings is 2. The Morgan fingerprint density at radius 3 is 2.24 bits per heavy atom. The maximum absolute atomic E-state index is 12.0. The van der Waals surface area contributed by atoms with Crippen LogP contribution in [-0.4, -0.2) is 75.8 Å². The molecule has 2 aromatic carbocycles. The average molecular weight is 659 g/mol. The Balaban J connectivity index is 1.01. The van der Waals surface area contributed by atoms with E-state index >= 15 is 0 Å². The zero-order chi connectivity index (χ0) is 32.3. The van der Waals surface area contributed by atoms with Crippen molar-refractivity contribution in [2.45, 2.75) is 57.2 Å². The van der Waals surface area contributed by atoms with Gasteiger partial charge in [-0.15, -0.1) is 13.2 Å². The summed E-state index contributed by atoms with van der Waals surface area (Å²) in [4.78, 5) is 25.6. The molecule has 0 radical (unpaired) electrons. The van der Waals surface area contributed by atoms with E-state index in [1.54, 1.807) is 6.07 Å². The topological polar surface area (TPSA) is 110 Å². The van der Waals surface area contributed by atoms with Crippen molar-refractivity contribution in [1.82, 2.24) is 19.9 Å². The number of carboxylic acids is 1. The van der Waals surface area contributed by atoms with E-state index < -0.39 is 18.9 Å². The van der Waals surface area contributed by atoms with Crippen molar-refractivity contribution < 1.29 is 37.3 Å². The van der Waals surface area contributed by atoms with Crippen molar-refractivity contribution >= 4 is 28.7 Å². The maximum Gasteiger partial charge on any atom is 0.522 e. The average Bonchev–Trinajstić information content (AvgIpc) is 3.39. The Kier molecular flexibility index (Phi) is 9.78. The van der Waals surface area contributed by atoms with E-state index in [0.717, 1.165) is 54.5 Å². The highest BCUT2D eigenvalue weighted by Gasteiger charge is 2.30. The fraction of sp³-hybridized carbons (Fsp3) is 0.424. The molecule has 1 aliphatic carbocycles. The fourth-order valence-electron chi connectivity index (χ4n) is 6.02. The second-order valence-corrected chi connectivity index (χ2v) is 12.3. The standard InChI is InChI=1S/C33H34ClF3N4O5/c34-27-16-28-31(40-32(38-28)46-25-11-3-20(4-12-25)15-29(42)43)39-30(27)24-9-7-23(8-10-24)22-5-1-21(2-6-22)17-41-18-26(19-41)44-13-14-45-33(35,36)37/h1-2,5-10,16,20,25-26H,3-4,11-15,17-19H2,(H,42,43)(H,38,39,40)/t20-,25-. The molecule has 6 rings (SSSR count). The third kappa shape index (κ3) is 8.35. The summed E-state index contributed by atoms with van der Waals surface area (Å²) >= 11 is 6.63. The van der Waals surface area contributed by atoms with E-state index in [2.05, 4.69) is 43.9 Å². The Morgan fingerprint density at radius 1 is 0.935 bits per heavy atom. The number of aromatic amines is 1. The number of pyridine rings is 1. The second kappa shape index (κ2) is 14.0. The zero-order valence-electron chi connectivity index (χ0n) is 24.9. The Morgan fingerprint density at radius 2 is 1.59 bits per heavy atom. The van der Waals surface area contributed by atoms with Crippen LogP contribution in [0.4, 0.5) is 13.2 Å². The molecular weight excluding hydrogens is 625 g/mol. The zero-order valence-corrected chi connectivity index (χ0v) is 25.7. The molecule has 1 saturated heterocycles. The first kappa shape index (κ1) is 32.2. The van der Waals surface area contributed by atoms with Crippen molar-refractivity contribution in [3.05, 3.63) is 65.2 Å². The summed E-state index contributed by atoms with van der Waals surface area (Å²) in [5.41, 5.74) is 5.89. The largest absolute Gasteiger partial charge is 0.522 e. The monoisotopic (exact) mass is 658 g/mol. The van der Waals surface area contributed by atoms with Crippen LogP contribution >= 0.6 is 11.6 Å². The van der Waals surface area contributed by atoms with Gasteiger partial charge in [0.25, 0.3) is 6.01 Å². The number of hydrogen-bond acceptors (Lipinski definition) is 7. The number of likely N-dealkylation sites (tertiary alicyclic amines) is 1. The molecule has 2 fully saturated rings. The number of carbonyl (C=O) groups is 1. The van der Waals surface area contributed by atoms with Gasteiger partial charge in [-0.05, 0) is 54.4 Å². The maximum atomic E-state index is 12.0. The molecule has 2 N–H and O–H groups in total. The fourth-order valence-corrected chi connectivity index (χ4v) is 6.28. The molecule has 0 unspecified atom stereocenters. The molecule has 1 saturated carbocycles. The summed E-state index contributed by atoms with van der Waals surface area (Å²) in [5.74, 6) is -0.559. The lowest BCUT2D eigenvalue weighted by atomic mass is 9.85. The van der Waals surface area contributed by atoms with Crippen LogP contribution in [0.1, 0.15) is 37.7 Å². The van der Waals surface area contributed by atoms with Gasteiger partial charge >= 0.3 is 12.3 Å². The summed E-state index contributed by atoms with van der Waals surface area (Å²) in [5, 5.41) is 9.52. The van der Waals surface area contributed by atoms with Crippen LogP contribution < -0.4 is 4.74 Å². The lowest BCUT2D eigenvalue weighted by Gasteiger charge is -2.39. The van der Waals surface area contributed by atoms with Gasteiger partial charge < -0.3 is 19.6 Å². The number of nitrogens with zero attached hydrogens (tertiary/aromatic N) is 3. The van der Waals surface area contributed by atoms with E-state index in [-0.39, 0.29) is 31.2 Å². The number of imidazole rings is 1. The number of rotatable bonds is 12. The third-order valence-corrected chi connectivity index (χ3v) is 8.71. The first-order chi connectivity index (χ1) is 22.1. The summed E-state index contributed by atoms with van der Waals surface area (Å²) in [6.45, 7) is 1.49. The number of nitrogens with one attached hydrogen (secondary N) is 1. The van der Waals surface area contributed by atoms with E-state index in [1.165, 1.54) is 0 Å². The number of alkyl halides is 3. The predicted molar refractivity (Wildman–Crippen MR) is 165 cm³/mol. The SMILES string of the molecule is O=C(O)C[C@H]1CC[C@H](Oc2nc3nc(-c4ccc(-c5ccc(CN6CC(OCCOC(F)(F)F)C6)cc5)cc4)c(Cl)cc3[nH]2)CC1. The Hall–Kier alpha value is -3.71. The number of carboxylic acid groups (broad SMARTS) is 1. The highest BCUT2D eigenvalue weighted by Crippen LogP contribution is 2.33. The number of ether oxygens (including phenoxy) is 3. The van der Waals surface area contributed by atoms with Gasteiger partial charge in [0.05, 0.1) is 35.6 Å². The molecular formula is C33H34ClF3N4O5. The first-order valence-electron chi connectivity index (χ1n) is 15.3. The van der Waals surface area contributed by atoms with Gasteiger partial charge in [-0.2, -0.15) is 4.98 Å². The van der Waals surface area contributed by atoms with Gasteiger partial charge in [-0.1, -0.05) is 60.1 Å².